The maximum atomic E-state index is 11.3. The summed E-state index contributed by atoms with van der Waals surface area (Å²) < 4.78 is 9.38. The normalized spacial score (nSPS) is 11.4. The largest absolute Gasteiger partial charge is 0.363 e. The van der Waals surface area contributed by atoms with E-state index in [4.69, 9.17) is 4.52 Å². The first-order valence-corrected chi connectivity index (χ1v) is 3.57. The number of aromatic nitrogens is 3. The van der Waals surface area contributed by atoms with Crippen molar-refractivity contribution in [1.82, 2.24) is 15.3 Å². The van der Waals surface area contributed by atoms with Crippen LogP contribution in [0.5, 0.6) is 0 Å². The summed E-state index contributed by atoms with van der Waals surface area (Å²) >= 11 is 0. The highest BCUT2D eigenvalue weighted by molar-refractivity contribution is 5.99. The standard InChI is InChI=1S/C7H3N3O3/c11-7-6-3(1-12-10-6)5-4(8-7)2-13-9-5/h1-2H,(H,8,11). The van der Waals surface area contributed by atoms with Crippen molar-refractivity contribution < 1.29 is 9.05 Å². The van der Waals surface area contributed by atoms with Gasteiger partial charge in [0.15, 0.2) is 5.52 Å². The molecule has 0 aliphatic rings. The molecular weight excluding hydrogens is 174 g/mol. The summed E-state index contributed by atoms with van der Waals surface area (Å²) in [6, 6.07) is 0. The predicted molar refractivity (Wildman–Crippen MR) is 42.2 cm³/mol. The van der Waals surface area contributed by atoms with Gasteiger partial charge in [0.05, 0.1) is 5.39 Å². The van der Waals surface area contributed by atoms with Gasteiger partial charge in [-0.2, -0.15) is 0 Å². The highest BCUT2D eigenvalue weighted by Gasteiger charge is 2.10. The molecule has 0 fully saturated rings. The third-order valence-electron chi connectivity index (χ3n) is 1.86. The fraction of sp³-hybridized carbons (Fsp3) is 0. The van der Waals surface area contributed by atoms with Gasteiger partial charge in [-0.3, -0.25) is 4.79 Å². The van der Waals surface area contributed by atoms with E-state index in [1.807, 2.05) is 0 Å². The van der Waals surface area contributed by atoms with E-state index >= 15 is 0 Å². The fourth-order valence-electron chi connectivity index (χ4n) is 1.27. The van der Waals surface area contributed by atoms with Gasteiger partial charge in [-0.25, -0.2) is 0 Å². The van der Waals surface area contributed by atoms with Crippen molar-refractivity contribution in [1.29, 1.82) is 0 Å². The minimum atomic E-state index is -0.306. The van der Waals surface area contributed by atoms with Gasteiger partial charge in [-0.15, -0.1) is 0 Å². The average molecular weight is 177 g/mol. The first-order chi connectivity index (χ1) is 6.36. The second kappa shape index (κ2) is 1.98. The topological polar surface area (TPSA) is 84.9 Å². The van der Waals surface area contributed by atoms with Gasteiger partial charge in [-0.05, 0) is 0 Å². The minimum absolute atomic E-state index is 0.237. The van der Waals surface area contributed by atoms with Gasteiger partial charge in [-0.1, -0.05) is 10.3 Å². The summed E-state index contributed by atoms with van der Waals surface area (Å²) in [5.41, 5.74) is 1.03. The molecule has 3 aromatic rings. The van der Waals surface area contributed by atoms with Gasteiger partial charge in [0.25, 0.3) is 5.56 Å². The molecule has 0 aliphatic carbocycles. The number of H-pyrrole nitrogens is 1. The Hall–Kier alpha value is -2.11. The zero-order valence-corrected chi connectivity index (χ0v) is 6.27. The molecule has 64 valence electrons. The Morgan fingerprint density at radius 3 is 2.85 bits per heavy atom. The molecule has 0 atom stereocenters. The first kappa shape index (κ1) is 6.41. The van der Waals surface area contributed by atoms with Crippen molar-refractivity contribution in [2.45, 2.75) is 0 Å². The highest BCUT2D eigenvalue weighted by Crippen LogP contribution is 2.17. The number of hydrogen-bond acceptors (Lipinski definition) is 5. The maximum Gasteiger partial charge on any atom is 0.278 e. The van der Waals surface area contributed by atoms with Gasteiger partial charge < -0.3 is 14.0 Å². The van der Waals surface area contributed by atoms with E-state index in [1.165, 1.54) is 12.5 Å². The summed E-state index contributed by atoms with van der Waals surface area (Å²) in [5, 5.41) is 7.83. The van der Waals surface area contributed by atoms with Gasteiger partial charge in [0.1, 0.15) is 23.6 Å². The molecule has 6 nitrogen and oxygen atoms in total. The Morgan fingerprint density at radius 2 is 1.92 bits per heavy atom. The average Bonchev–Trinajstić information content (AvgIpc) is 2.66. The lowest BCUT2D eigenvalue weighted by Crippen LogP contribution is -2.05. The van der Waals surface area contributed by atoms with E-state index in [2.05, 4.69) is 19.8 Å². The molecule has 3 rings (SSSR count). The van der Waals surface area contributed by atoms with Crippen LogP contribution in [0, 0.1) is 0 Å². The molecule has 6 heteroatoms. The van der Waals surface area contributed by atoms with E-state index < -0.39 is 0 Å². The number of nitrogens with zero attached hydrogens (tertiary/aromatic N) is 2. The Labute approximate surface area is 70.1 Å². The van der Waals surface area contributed by atoms with Crippen LogP contribution < -0.4 is 5.56 Å². The van der Waals surface area contributed by atoms with E-state index in [-0.39, 0.29) is 11.1 Å². The smallest absolute Gasteiger partial charge is 0.278 e. The zero-order chi connectivity index (χ0) is 8.84. The van der Waals surface area contributed by atoms with E-state index in [0.29, 0.717) is 16.4 Å². The SMILES string of the molecule is O=c1[nH]c2conc2c2conc12. The number of hydrogen-bond donors (Lipinski definition) is 1. The lowest BCUT2D eigenvalue weighted by Gasteiger charge is -1.85. The summed E-state index contributed by atoms with van der Waals surface area (Å²) in [5.74, 6) is 0. The molecule has 0 amide bonds. The molecule has 0 radical (unpaired) electrons. The van der Waals surface area contributed by atoms with Crippen LogP contribution in [0.2, 0.25) is 0 Å². The zero-order valence-electron chi connectivity index (χ0n) is 6.27. The summed E-state index contributed by atoms with van der Waals surface area (Å²) in [7, 11) is 0. The molecule has 0 aromatic carbocycles. The van der Waals surface area contributed by atoms with Crippen LogP contribution in [-0.4, -0.2) is 15.3 Å². The molecule has 1 N–H and O–H groups in total. The number of rotatable bonds is 0. The lowest BCUT2D eigenvalue weighted by molar-refractivity contribution is 0.425. The van der Waals surface area contributed by atoms with Crippen LogP contribution in [0.15, 0.2) is 26.4 Å². The summed E-state index contributed by atoms with van der Waals surface area (Å²) in [6.45, 7) is 0. The molecule has 0 aliphatic heterocycles. The second-order valence-electron chi connectivity index (χ2n) is 2.61. The van der Waals surface area contributed by atoms with Crippen LogP contribution in [0.4, 0.5) is 0 Å². The van der Waals surface area contributed by atoms with Crippen molar-refractivity contribution in [3.63, 3.8) is 0 Å². The molecule has 3 heterocycles. The predicted octanol–water partition coefficient (Wildman–Crippen LogP) is 0.657. The first-order valence-electron chi connectivity index (χ1n) is 3.57. The van der Waals surface area contributed by atoms with Crippen LogP contribution in [0.3, 0.4) is 0 Å². The van der Waals surface area contributed by atoms with Crippen molar-refractivity contribution in [2.75, 3.05) is 0 Å². The van der Waals surface area contributed by atoms with Gasteiger partial charge in [0.2, 0.25) is 0 Å². The van der Waals surface area contributed by atoms with Crippen LogP contribution in [-0.2, 0) is 0 Å². The molecule has 0 spiro atoms. The van der Waals surface area contributed by atoms with Crippen LogP contribution >= 0.6 is 0 Å². The third kappa shape index (κ3) is 0.689. The number of aromatic amines is 1. The molecule has 0 saturated heterocycles. The third-order valence-corrected chi connectivity index (χ3v) is 1.86. The molecule has 13 heavy (non-hydrogen) atoms. The molecule has 0 unspecified atom stereocenters. The molecule has 0 saturated carbocycles. The Bertz CT molecular complexity index is 633. The molecule has 3 aromatic heterocycles. The number of pyridine rings is 1. The van der Waals surface area contributed by atoms with Crippen molar-refractivity contribution in [3.8, 4) is 0 Å². The fourth-order valence-corrected chi connectivity index (χ4v) is 1.27. The Kier molecular flexibility index (Phi) is 0.974. The quantitative estimate of drug-likeness (QED) is 0.545. The molecule has 0 bridgehead atoms. The van der Waals surface area contributed by atoms with Crippen LogP contribution in [0.1, 0.15) is 0 Å². The number of fused-ring (bicyclic) bond motifs is 3. The summed E-state index contributed by atoms with van der Waals surface area (Å²) in [4.78, 5) is 13.9. The summed E-state index contributed by atoms with van der Waals surface area (Å²) in [6.07, 6.45) is 2.73. The number of nitrogens with one attached hydrogen (secondary N) is 1. The van der Waals surface area contributed by atoms with E-state index in [1.54, 1.807) is 0 Å². The van der Waals surface area contributed by atoms with Crippen LogP contribution in [0.25, 0.3) is 21.9 Å². The van der Waals surface area contributed by atoms with Crippen molar-refractivity contribution in [3.05, 3.63) is 22.9 Å². The van der Waals surface area contributed by atoms with Crippen molar-refractivity contribution >= 4 is 21.9 Å². The maximum absolute atomic E-state index is 11.3. The lowest BCUT2D eigenvalue weighted by atomic mass is 10.3. The highest BCUT2D eigenvalue weighted by atomic mass is 16.5. The van der Waals surface area contributed by atoms with Crippen molar-refractivity contribution in [2.24, 2.45) is 0 Å². The minimum Gasteiger partial charge on any atom is -0.363 e. The molecular formula is C7H3N3O3. The Balaban J connectivity index is 2.79. The van der Waals surface area contributed by atoms with Gasteiger partial charge in [0, 0.05) is 0 Å². The van der Waals surface area contributed by atoms with E-state index in [0.717, 1.165) is 0 Å². The van der Waals surface area contributed by atoms with Gasteiger partial charge >= 0.3 is 0 Å². The monoisotopic (exact) mass is 177 g/mol. The van der Waals surface area contributed by atoms with E-state index in [9.17, 15) is 4.79 Å². The second-order valence-corrected chi connectivity index (χ2v) is 2.61. The Morgan fingerprint density at radius 1 is 1.15 bits per heavy atom.